The topological polar surface area (TPSA) is 3.24 Å². The lowest BCUT2D eigenvalue weighted by Gasteiger charge is -2.11. The number of hydrogen-bond donors (Lipinski definition) is 0. The summed E-state index contributed by atoms with van der Waals surface area (Å²) in [4.78, 5) is 2.06. The molecule has 0 fully saturated rings. The summed E-state index contributed by atoms with van der Waals surface area (Å²) in [7, 11) is 4.04. The van der Waals surface area contributed by atoms with Crippen LogP contribution in [0.25, 0.3) is 6.08 Å². The number of halogens is 1. The van der Waals surface area contributed by atoms with Crippen LogP contribution in [-0.2, 0) is 0 Å². The average molecular weight is 182 g/mol. The van der Waals surface area contributed by atoms with Crippen LogP contribution >= 0.6 is 11.6 Å². The zero-order chi connectivity index (χ0) is 8.97. The Morgan fingerprint density at radius 2 is 1.75 bits per heavy atom. The highest BCUT2D eigenvalue weighted by Crippen LogP contribution is 2.13. The SMILES string of the molecule is CN(C)c1ccc(C=CCl)cc1. The highest BCUT2D eigenvalue weighted by atomic mass is 35.5. The van der Waals surface area contributed by atoms with Gasteiger partial charge in [-0.05, 0) is 23.8 Å². The van der Waals surface area contributed by atoms with Gasteiger partial charge < -0.3 is 4.90 Å². The normalized spacial score (nSPS) is 10.6. The van der Waals surface area contributed by atoms with Gasteiger partial charge in [-0.1, -0.05) is 23.7 Å². The second-order valence-electron chi connectivity index (χ2n) is 2.78. The Kier molecular flexibility index (Phi) is 3.18. The highest BCUT2D eigenvalue weighted by molar-refractivity contribution is 6.27. The van der Waals surface area contributed by atoms with E-state index in [0.29, 0.717) is 0 Å². The summed E-state index contributed by atoms with van der Waals surface area (Å²) < 4.78 is 0. The molecule has 0 N–H and O–H groups in total. The van der Waals surface area contributed by atoms with Crippen LogP contribution in [-0.4, -0.2) is 14.1 Å². The number of rotatable bonds is 2. The standard InChI is InChI=1S/C10H12ClN/c1-12(2)10-5-3-9(4-6-10)7-8-11/h3-8H,1-2H3. The molecular weight excluding hydrogens is 170 g/mol. The van der Waals surface area contributed by atoms with Crippen LogP contribution < -0.4 is 4.90 Å². The molecule has 0 heterocycles. The zero-order valence-corrected chi connectivity index (χ0v) is 8.05. The molecule has 0 radical (unpaired) electrons. The van der Waals surface area contributed by atoms with Gasteiger partial charge in [0.15, 0.2) is 0 Å². The second-order valence-corrected chi connectivity index (χ2v) is 3.03. The first-order valence-corrected chi connectivity index (χ1v) is 4.22. The summed E-state index contributed by atoms with van der Waals surface area (Å²) in [5.74, 6) is 0. The quantitative estimate of drug-likeness (QED) is 0.678. The predicted octanol–water partition coefficient (Wildman–Crippen LogP) is 2.96. The van der Waals surface area contributed by atoms with Crippen molar-refractivity contribution in [1.29, 1.82) is 0 Å². The lowest BCUT2D eigenvalue weighted by Crippen LogP contribution is -2.07. The molecule has 1 rings (SSSR count). The number of hydrogen-bond acceptors (Lipinski definition) is 1. The fourth-order valence-electron chi connectivity index (χ4n) is 0.956. The van der Waals surface area contributed by atoms with Gasteiger partial charge in [0.2, 0.25) is 0 Å². The third kappa shape index (κ3) is 2.28. The van der Waals surface area contributed by atoms with E-state index in [-0.39, 0.29) is 0 Å². The summed E-state index contributed by atoms with van der Waals surface area (Å²) in [6, 6.07) is 8.20. The lowest BCUT2D eigenvalue weighted by atomic mass is 10.2. The van der Waals surface area contributed by atoms with Crippen LogP contribution in [0.1, 0.15) is 5.56 Å². The minimum atomic E-state index is 1.12. The minimum Gasteiger partial charge on any atom is -0.378 e. The van der Waals surface area contributed by atoms with E-state index in [2.05, 4.69) is 17.0 Å². The average Bonchev–Trinajstić information content (AvgIpc) is 2.06. The molecule has 64 valence electrons. The van der Waals surface area contributed by atoms with E-state index in [1.807, 2.05) is 32.3 Å². The Bertz CT molecular complexity index is 262. The third-order valence-electron chi connectivity index (χ3n) is 1.66. The van der Waals surface area contributed by atoms with Crippen molar-refractivity contribution in [2.45, 2.75) is 0 Å². The van der Waals surface area contributed by atoms with Crippen molar-refractivity contribution in [3.63, 3.8) is 0 Å². The largest absolute Gasteiger partial charge is 0.378 e. The van der Waals surface area contributed by atoms with Crippen molar-refractivity contribution < 1.29 is 0 Å². The van der Waals surface area contributed by atoms with Gasteiger partial charge in [-0.2, -0.15) is 0 Å². The third-order valence-corrected chi connectivity index (χ3v) is 1.79. The molecule has 0 aliphatic rings. The van der Waals surface area contributed by atoms with E-state index in [1.165, 1.54) is 11.2 Å². The molecule has 1 aromatic rings. The van der Waals surface area contributed by atoms with Gasteiger partial charge in [-0.3, -0.25) is 0 Å². The highest BCUT2D eigenvalue weighted by Gasteiger charge is 1.92. The summed E-state index contributed by atoms with van der Waals surface area (Å²) in [5, 5.41) is 0. The first-order valence-electron chi connectivity index (χ1n) is 3.78. The van der Waals surface area contributed by atoms with Gasteiger partial charge in [-0.15, -0.1) is 0 Å². The summed E-state index contributed by atoms with van der Waals surface area (Å²) >= 11 is 5.45. The van der Waals surface area contributed by atoms with Gasteiger partial charge in [0.1, 0.15) is 0 Å². The number of nitrogens with zero attached hydrogens (tertiary/aromatic N) is 1. The van der Waals surface area contributed by atoms with Gasteiger partial charge >= 0.3 is 0 Å². The molecule has 0 amide bonds. The molecule has 0 aliphatic heterocycles. The molecule has 0 unspecified atom stereocenters. The Balaban J connectivity index is 2.85. The maximum Gasteiger partial charge on any atom is 0.0361 e. The van der Waals surface area contributed by atoms with E-state index >= 15 is 0 Å². The molecule has 0 saturated carbocycles. The lowest BCUT2D eigenvalue weighted by molar-refractivity contribution is 1.13. The minimum absolute atomic E-state index is 1.12. The van der Waals surface area contributed by atoms with Crippen LogP contribution in [0, 0.1) is 0 Å². The van der Waals surface area contributed by atoms with Gasteiger partial charge in [0.05, 0.1) is 0 Å². The Morgan fingerprint density at radius 1 is 1.17 bits per heavy atom. The monoisotopic (exact) mass is 181 g/mol. The molecule has 1 aromatic carbocycles. The molecule has 0 spiro atoms. The van der Waals surface area contributed by atoms with Crippen LogP contribution in [0.4, 0.5) is 5.69 Å². The van der Waals surface area contributed by atoms with Crippen molar-refractivity contribution in [1.82, 2.24) is 0 Å². The summed E-state index contributed by atoms with van der Waals surface area (Å²) in [6.07, 6.45) is 1.86. The first-order chi connectivity index (χ1) is 5.74. The zero-order valence-electron chi connectivity index (χ0n) is 7.29. The van der Waals surface area contributed by atoms with Crippen LogP contribution in [0.5, 0.6) is 0 Å². The van der Waals surface area contributed by atoms with Crippen LogP contribution in [0.15, 0.2) is 29.8 Å². The maximum absolute atomic E-state index is 5.45. The van der Waals surface area contributed by atoms with Crippen LogP contribution in [0.2, 0.25) is 0 Å². The molecule has 0 atom stereocenters. The Morgan fingerprint density at radius 3 is 2.17 bits per heavy atom. The van der Waals surface area contributed by atoms with Crippen molar-refractivity contribution in [2.24, 2.45) is 0 Å². The van der Waals surface area contributed by atoms with E-state index < -0.39 is 0 Å². The molecule has 0 aromatic heterocycles. The first kappa shape index (κ1) is 9.14. The maximum atomic E-state index is 5.45. The van der Waals surface area contributed by atoms with E-state index in [9.17, 15) is 0 Å². The molecule has 0 bridgehead atoms. The fraction of sp³-hybridized carbons (Fsp3) is 0.200. The molecule has 12 heavy (non-hydrogen) atoms. The molecular formula is C10H12ClN. The van der Waals surface area contributed by atoms with Crippen molar-refractivity contribution in [3.05, 3.63) is 35.4 Å². The molecule has 0 saturated heterocycles. The smallest absolute Gasteiger partial charge is 0.0361 e. The predicted molar refractivity (Wildman–Crippen MR) is 55.7 cm³/mol. The molecule has 1 nitrogen and oxygen atoms in total. The number of benzene rings is 1. The van der Waals surface area contributed by atoms with Gasteiger partial charge in [0.25, 0.3) is 0 Å². The summed E-state index contributed by atoms with van der Waals surface area (Å²) in [5.41, 5.74) is 3.84. The van der Waals surface area contributed by atoms with Gasteiger partial charge in [-0.25, -0.2) is 0 Å². The fourth-order valence-corrected chi connectivity index (χ4v) is 1.10. The Hall–Kier alpha value is -0.950. The van der Waals surface area contributed by atoms with E-state index in [0.717, 1.165) is 5.56 Å². The molecule has 0 aliphatic carbocycles. The van der Waals surface area contributed by atoms with Crippen molar-refractivity contribution in [3.8, 4) is 0 Å². The van der Waals surface area contributed by atoms with E-state index in [4.69, 9.17) is 11.6 Å². The van der Waals surface area contributed by atoms with Gasteiger partial charge in [0, 0.05) is 25.3 Å². The Labute approximate surface area is 78.3 Å². The second kappa shape index (κ2) is 4.17. The van der Waals surface area contributed by atoms with Crippen molar-refractivity contribution in [2.75, 3.05) is 19.0 Å². The molecule has 2 heteroatoms. The van der Waals surface area contributed by atoms with Crippen LogP contribution in [0.3, 0.4) is 0 Å². The van der Waals surface area contributed by atoms with E-state index in [1.54, 1.807) is 0 Å². The number of anilines is 1. The van der Waals surface area contributed by atoms with Crippen molar-refractivity contribution >= 4 is 23.4 Å². The summed E-state index contributed by atoms with van der Waals surface area (Å²) in [6.45, 7) is 0.